The molecule has 0 fully saturated rings. The SMILES string of the molecule is CC(CC#CC#CCC(C)O[Si](C)(C)C(C)(C)C)O[Si](C)(C)C(C)(C)C. The maximum Gasteiger partial charge on any atom is 0.192 e. The van der Waals surface area contributed by atoms with Crippen molar-refractivity contribution in [2.24, 2.45) is 0 Å². The highest BCUT2D eigenvalue weighted by molar-refractivity contribution is 6.74. The van der Waals surface area contributed by atoms with Crippen LogP contribution < -0.4 is 0 Å². The first-order valence-electron chi connectivity index (χ1n) is 9.81. The zero-order valence-corrected chi connectivity index (χ0v) is 21.4. The summed E-state index contributed by atoms with van der Waals surface area (Å²) in [6.45, 7) is 26.9. The molecule has 0 radical (unpaired) electrons. The van der Waals surface area contributed by atoms with Crippen LogP contribution in [0.2, 0.25) is 36.3 Å². The highest BCUT2D eigenvalue weighted by atomic mass is 28.4. The zero-order valence-electron chi connectivity index (χ0n) is 19.4. The summed E-state index contributed by atoms with van der Waals surface area (Å²) in [5, 5.41) is 0.462. The van der Waals surface area contributed by atoms with E-state index in [1.807, 2.05) is 0 Å². The van der Waals surface area contributed by atoms with Gasteiger partial charge in [-0.3, -0.25) is 0 Å². The molecule has 2 atom stereocenters. The second kappa shape index (κ2) is 9.60. The molecule has 0 aromatic carbocycles. The molecule has 0 spiro atoms. The van der Waals surface area contributed by atoms with E-state index in [4.69, 9.17) is 8.85 Å². The monoisotopic (exact) mass is 394 g/mol. The number of hydrogen-bond donors (Lipinski definition) is 0. The molecule has 0 aliphatic rings. The van der Waals surface area contributed by atoms with Crippen molar-refractivity contribution in [1.29, 1.82) is 0 Å². The maximum atomic E-state index is 6.31. The van der Waals surface area contributed by atoms with Crippen LogP contribution in [0.3, 0.4) is 0 Å². The van der Waals surface area contributed by atoms with Crippen LogP contribution in [-0.4, -0.2) is 28.8 Å². The van der Waals surface area contributed by atoms with E-state index in [0.717, 1.165) is 12.8 Å². The summed E-state index contributed by atoms with van der Waals surface area (Å²) in [4.78, 5) is 0. The van der Waals surface area contributed by atoms with Gasteiger partial charge in [-0.25, -0.2) is 0 Å². The number of hydrogen-bond acceptors (Lipinski definition) is 2. The fourth-order valence-electron chi connectivity index (χ4n) is 1.92. The topological polar surface area (TPSA) is 18.5 Å². The summed E-state index contributed by atoms with van der Waals surface area (Å²) < 4.78 is 12.6. The average molecular weight is 395 g/mol. The van der Waals surface area contributed by atoms with Crippen molar-refractivity contribution in [3.8, 4) is 23.7 Å². The van der Waals surface area contributed by atoms with E-state index in [1.165, 1.54) is 0 Å². The molecule has 0 aliphatic heterocycles. The van der Waals surface area contributed by atoms with Crippen molar-refractivity contribution in [2.75, 3.05) is 0 Å². The fourth-order valence-corrected chi connectivity index (χ4v) is 4.81. The molecule has 26 heavy (non-hydrogen) atoms. The Bertz CT molecular complexity index is 505. The second-order valence-electron chi connectivity index (χ2n) is 10.4. The summed E-state index contributed by atoms with van der Waals surface area (Å²) in [5.41, 5.74) is 0. The van der Waals surface area contributed by atoms with Crippen molar-refractivity contribution in [3.05, 3.63) is 0 Å². The molecule has 0 aromatic rings. The molecule has 0 amide bonds. The van der Waals surface area contributed by atoms with Crippen LogP contribution in [0.4, 0.5) is 0 Å². The van der Waals surface area contributed by atoms with Crippen LogP contribution in [0.25, 0.3) is 0 Å². The van der Waals surface area contributed by atoms with Crippen molar-refractivity contribution in [2.45, 2.75) is 117 Å². The van der Waals surface area contributed by atoms with Crippen LogP contribution in [-0.2, 0) is 8.85 Å². The molecule has 0 bridgehead atoms. The van der Waals surface area contributed by atoms with Crippen LogP contribution >= 0.6 is 0 Å². The Labute approximate surface area is 166 Å². The molecule has 0 saturated heterocycles. The summed E-state index contributed by atoms with van der Waals surface area (Å²) in [5.74, 6) is 12.2. The Morgan fingerprint density at radius 3 is 1.15 bits per heavy atom. The summed E-state index contributed by atoms with van der Waals surface area (Å²) in [7, 11) is -3.43. The third-order valence-corrected chi connectivity index (χ3v) is 14.8. The van der Waals surface area contributed by atoms with Crippen LogP contribution in [0, 0.1) is 23.7 Å². The molecular formula is C22H42O2Si2. The predicted molar refractivity (Wildman–Crippen MR) is 120 cm³/mol. The van der Waals surface area contributed by atoms with E-state index in [1.54, 1.807) is 0 Å². The molecule has 150 valence electrons. The molecule has 0 N–H and O–H groups in total. The van der Waals surface area contributed by atoms with Crippen LogP contribution in [0.15, 0.2) is 0 Å². The van der Waals surface area contributed by atoms with E-state index in [0.29, 0.717) is 0 Å². The van der Waals surface area contributed by atoms with Gasteiger partial charge in [0.15, 0.2) is 16.6 Å². The Kier molecular flexibility index (Phi) is 9.41. The smallest absolute Gasteiger partial charge is 0.192 e. The standard InChI is InChI=1S/C22H42O2Si2/c1-19(23-25(9,10)21(3,4)5)17-15-13-14-16-18-20(2)24-26(11,12)22(6,7)8/h19-20H,17-18H2,1-12H3. The van der Waals surface area contributed by atoms with E-state index >= 15 is 0 Å². The van der Waals surface area contributed by atoms with Crippen LogP contribution in [0.5, 0.6) is 0 Å². The Hall–Kier alpha value is -0.526. The first-order chi connectivity index (χ1) is 11.5. The minimum absolute atomic E-state index is 0.158. The molecule has 0 aliphatic carbocycles. The first kappa shape index (κ1) is 25.5. The third kappa shape index (κ3) is 8.91. The molecule has 0 aromatic heterocycles. The lowest BCUT2D eigenvalue weighted by atomic mass is 10.2. The van der Waals surface area contributed by atoms with Gasteiger partial charge in [0.2, 0.25) is 0 Å². The lowest BCUT2D eigenvalue weighted by Gasteiger charge is -2.38. The minimum Gasteiger partial charge on any atom is -0.413 e. The van der Waals surface area contributed by atoms with E-state index in [-0.39, 0.29) is 22.3 Å². The average Bonchev–Trinajstić information content (AvgIpc) is 2.38. The minimum atomic E-state index is -1.71. The van der Waals surface area contributed by atoms with Gasteiger partial charge < -0.3 is 8.85 Å². The van der Waals surface area contributed by atoms with Gasteiger partial charge >= 0.3 is 0 Å². The van der Waals surface area contributed by atoms with Gasteiger partial charge in [-0.15, -0.1) is 0 Å². The van der Waals surface area contributed by atoms with Crippen molar-refractivity contribution in [1.82, 2.24) is 0 Å². The summed E-state index contributed by atoms with van der Waals surface area (Å²) in [6.07, 6.45) is 1.78. The molecule has 0 heterocycles. The van der Waals surface area contributed by atoms with Gasteiger partial charge in [-0.05, 0) is 62.0 Å². The van der Waals surface area contributed by atoms with Gasteiger partial charge in [0, 0.05) is 12.8 Å². The van der Waals surface area contributed by atoms with Crippen molar-refractivity contribution >= 4 is 16.6 Å². The molecule has 0 saturated carbocycles. The second-order valence-corrected chi connectivity index (χ2v) is 19.9. The Balaban J connectivity index is 4.44. The van der Waals surface area contributed by atoms with Gasteiger partial charge in [0.25, 0.3) is 0 Å². The normalized spacial score (nSPS) is 15.4. The van der Waals surface area contributed by atoms with Gasteiger partial charge in [0.1, 0.15) is 0 Å². The van der Waals surface area contributed by atoms with Gasteiger partial charge in [-0.1, -0.05) is 53.4 Å². The largest absolute Gasteiger partial charge is 0.413 e. The fraction of sp³-hybridized carbons (Fsp3) is 0.818. The van der Waals surface area contributed by atoms with Crippen molar-refractivity contribution < 1.29 is 8.85 Å². The number of rotatable bonds is 6. The lowest BCUT2D eigenvalue weighted by Crippen LogP contribution is -2.43. The predicted octanol–water partition coefficient (Wildman–Crippen LogP) is 6.59. The Morgan fingerprint density at radius 1 is 0.654 bits per heavy atom. The first-order valence-corrected chi connectivity index (χ1v) is 15.6. The summed E-state index contributed by atoms with van der Waals surface area (Å²) >= 11 is 0. The van der Waals surface area contributed by atoms with Crippen molar-refractivity contribution in [3.63, 3.8) is 0 Å². The van der Waals surface area contributed by atoms with E-state index in [2.05, 4.69) is 105 Å². The van der Waals surface area contributed by atoms with Crippen LogP contribution in [0.1, 0.15) is 68.2 Å². The molecular weight excluding hydrogens is 352 g/mol. The van der Waals surface area contributed by atoms with E-state index in [9.17, 15) is 0 Å². The third-order valence-electron chi connectivity index (χ3n) is 5.62. The Morgan fingerprint density at radius 2 is 0.923 bits per heavy atom. The molecule has 2 nitrogen and oxygen atoms in total. The zero-order chi connectivity index (χ0) is 20.8. The maximum absolute atomic E-state index is 6.31. The highest BCUT2D eigenvalue weighted by Gasteiger charge is 2.39. The van der Waals surface area contributed by atoms with Gasteiger partial charge in [-0.2, -0.15) is 0 Å². The molecule has 4 heteroatoms. The summed E-state index contributed by atoms with van der Waals surface area (Å²) in [6, 6.07) is 0. The molecule has 2 unspecified atom stereocenters. The van der Waals surface area contributed by atoms with E-state index < -0.39 is 16.6 Å². The lowest BCUT2D eigenvalue weighted by molar-refractivity contribution is 0.204. The molecule has 0 rings (SSSR count). The van der Waals surface area contributed by atoms with Gasteiger partial charge in [0.05, 0.1) is 12.2 Å². The quantitative estimate of drug-likeness (QED) is 0.373. The highest BCUT2D eigenvalue weighted by Crippen LogP contribution is 2.38.